The summed E-state index contributed by atoms with van der Waals surface area (Å²) in [5, 5.41) is 19.7. The summed E-state index contributed by atoms with van der Waals surface area (Å²) in [4.78, 5) is 5.28. The fourth-order valence-corrected chi connectivity index (χ4v) is 4.23. The zero-order valence-electron chi connectivity index (χ0n) is 13.0. The Kier molecular flexibility index (Phi) is 3.42. The van der Waals surface area contributed by atoms with Crippen LogP contribution >= 0.6 is 11.8 Å². The molecule has 3 rings (SSSR count). The number of ether oxygens (including phenoxy) is 2. The van der Waals surface area contributed by atoms with E-state index in [4.69, 9.17) is 15.2 Å². The monoisotopic (exact) mass is 328 g/mol. The number of hydrogen-bond donors (Lipinski definition) is 1. The predicted octanol–water partition coefficient (Wildman–Crippen LogP) is 1.84. The Morgan fingerprint density at radius 2 is 1.78 bits per heavy atom. The van der Waals surface area contributed by atoms with Crippen molar-refractivity contribution in [2.45, 2.75) is 16.7 Å². The summed E-state index contributed by atoms with van der Waals surface area (Å²) in [5.74, 6) is -1.92. The highest BCUT2D eigenvalue weighted by Crippen LogP contribution is 2.81. The summed E-state index contributed by atoms with van der Waals surface area (Å²) >= 11 is 1.62. The maximum atomic E-state index is 9.92. The van der Waals surface area contributed by atoms with Gasteiger partial charge in [0.2, 0.25) is 0 Å². The standard InChI is InChI=1S/C16H16N4O2S/c1-21-16(22-2)15(9-18)12(14(15,8-17)13(19)20-16)10-4-6-11(23-3)7-5-10/h4-7,12H,1-3H3,(H2,19,20)/t12-,14-,15-/m0/s1. The molecule has 1 aromatic rings. The second-order valence-electron chi connectivity index (χ2n) is 5.53. The number of nitriles is 2. The molecule has 2 aliphatic rings. The molecule has 0 unspecified atom stereocenters. The lowest BCUT2D eigenvalue weighted by Crippen LogP contribution is -2.41. The Labute approximate surface area is 138 Å². The summed E-state index contributed by atoms with van der Waals surface area (Å²) in [6.07, 6.45) is 1.99. The van der Waals surface area contributed by atoms with Gasteiger partial charge in [0.05, 0.1) is 12.1 Å². The van der Waals surface area contributed by atoms with Crippen LogP contribution in [0.2, 0.25) is 0 Å². The lowest BCUT2D eigenvalue weighted by Gasteiger charge is -2.29. The van der Waals surface area contributed by atoms with Gasteiger partial charge in [-0.2, -0.15) is 10.5 Å². The Morgan fingerprint density at radius 1 is 1.17 bits per heavy atom. The molecule has 6 nitrogen and oxygen atoms in total. The van der Waals surface area contributed by atoms with Crippen molar-refractivity contribution in [3.8, 4) is 12.1 Å². The maximum absolute atomic E-state index is 9.92. The number of nitrogens with zero attached hydrogens (tertiary/aromatic N) is 3. The van der Waals surface area contributed by atoms with Gasteiger partial charge in [-0.15, -0.1) is 11.8 Å². The molecule has 1 aliphatic carbocycles. The average molecular weight is 328 g/mol. The van der Waals surface area contributed by atoms with Gasteiger partial charge in [-0.25, -0.2) is 4.99 Å². The zero-order valence-corrected chi connectivity index (χ0v) is 13.8. The number of benzene rings is 1. The first-order valence-electron chi connectivity index (χ1n) is 6.96. The lowest BCUT2D eigenvalue weighted by atomic mass is 9.93. The van der Waals surface area contributed by atoms with E-state index in [-0.39, 0.29) is 5.84 Å². The van der Waals surface area contributed by atoms with Crippen molar-refractivity contribution in [1.82, 2.24) is 0 Å². The highest BCUT2D eigenvalue weighted by Gasteiger charge is 2.93. The largest absolute Gasteiger partial charge is 0.386 e. The molecule has 2 N–H and O–H groups in total. The fourth-order valence-electron chi connectivity index (χ4n) is 3.82. The number of amidine groups is 1. The van der Waals surface area contributed by atoms with Crippen LogP contribution in [0.4, 0.5) is 0 Å². The van der Waals surface area contributed by atoms with Gasteiger partial charge in [-0.3, -0.25) is 0 Å². The van der Waals surface area contributed by atoms with Gasteiger partial charge in [0, 0.05) is 25.0 Å². The Balaban J connectivity index is 2.18. The van der Waals surface area contributed by atoms with E-state index in [0.717, 1.165) is 10.5 Å². The summed E-state index contributed by atoms with van der Waals surface area (Å²) < 4.78 is 10.8. The molecular weight excluding hydrogens is 312 g/mol. The van der Waals surface area contributed by atoms with Crippen molar-refractivity contribution in [3.05, 3.63) is 29.8 Å². The van der Waals surface area contributed by atoms with Crippen molar-refractivity contribution in [2.75, 3.05) is 20.5 Å². The number of methoxy groups -OCH3 is 2. The van der Waals surface area contributed by atoms with E-state index in [1.807, 2.05) is 30.5 Å². The Hall–Kier alpha value is -2.06. The van der Waals surface area contributed by atoms with Crippen LogP contribution in [0, 0.1) is 33.5 Å². The molecule has 23 heavy (non-hydrogen) atoms. The first kappa shape index (κ1) is 15.8. The van der Waals surface area contributed by atoms with Gasteiger partial charge >= 0.3 is 0 Å². The van der Waals surface area contributed by atoms with Crippen molar-refractivity contribution in [2.24, 2.45) is 21.6 Å². The van der Waals surface area contributed by atoms with Crippen LogP contribution < -0.4 is 5.73 Å². The third-order valence-electron chi connectivity index (χ3n) is 4.93. The third-order valence-corrected chi connectivity index (χ3v) is 5.67. The van der Waals surface area contributed by atoms with E-state index in [1.54, 1.807) is 11.8 Å². The van der Waals surface area contributed by atoms with Crippen molar-refractivity contribution < 1.29 is 9.47 Å². The molecule has 1 aromatic carbocycles. The number of hydrogen-bond acceptors (Lipinski definition) is 7. The zero-order chi connectivity index (χ0) is 16.9. The highest BCUT2D eigenvalue weighted by atomic mass is 32.2. The molecule has 118 valence electrons. The van der Waals surface area contributed by atoms with Crippen LogP contribution in [0.1, 0.15) is 11.5 Å². The van der Waals surface area contributed by atoms with Crippen LogP contribution in [0.5, 0.6) is 0 Å². The molecule has 1 saturated carbocycles. The Morgan fingerprint density at radius 3 is 2.22 bits per heavy atom. The van der Waals surface area contributed by atoms with Crippen LogP contribution in [0.25, 0.3) is 0 Å². The molecule has 3 atom stereocenters. The molecule has 0 bridgehead atoms. The smallest absolute Gasteiger partial charge is 0.292 e. The molecule has 0 radical (unpaired) electrons. The molecule has 0 spiro atoms. The molecule has 0 amide bonds. The fraction of sp³-hybridized carbons (Fsp3) is 0.438. The van der Waals surface area contributed by atoms with Gasteiger partial charge in [-0.05, 0) is 24.0 Å². The first-order valence-corrected chi connectivity index (χ1v) is 8.18. The number of nitrogens with two attached hydrogens (primary N) is 1. The van der Waals surface area contributed by atoms with Crippen LogP contribution in [-0.4, -0.2) is 32.2 Å². The quantitative estimate of drug-likeness (QED) is 0.668. The van der Waals surface area contributed by atoms with Crippen LogP contribution in [-0.2, 0) is 9.47 Å². The topological polar surface area (TPSA) is 104 Å². The highest BCUT2D eigenvalue weighted by molar-refractivity contribution is 7.98. The van der Waals surface area contributed by atoms with Crippen molar-refractivity contribution in [1.29, 1.82) is 10.5 Å². The molecule has 0 saturated heterocycles. The summed E-state index contributed by atoms with van der Waals surface area (Å²) in [5.41, 5.74) is 4.38. The molecule has 1 heterocycles. The number of rotatable bonds is 4. The van der Waals surface area contributed by atoms with Crippen molar-refractivity contribution in [3.63, 3.8) is 0 Å². The molecule has 1 fully saturated rings. The van der Waals surface area contributed by atoms with Crippen LogP contribution in [0.3, 0.4) is 0 Å². The van der Waals surface area contributed by atoms with E-state index in [0.29, 0.717) is 0 Å². The number of fused-ring (bicyclic) bond motifs is 1. The minimum Gasteiger partial charge on any atom is -0.386 e. The van der Waals surface area contributed by atoms with Gasteiger partial charge in [0.15, 0.2) is 5.41 Å². The van der Waals surface area contributed by atoms with Gasteiger partial charge in [0.25, 0.3) is 5.91 Å². The van der Waals surface area contributed by atoms with Gasteiger partial charge in [0.1, 0.15) is 11.3 Å². The Bertz CT molecular complexity index is 760. The second-order valence-corrected chi connectivity index (χ2v) is 6.41. The summed E-state index contributed by atoms with van der Waals surface area (Å²) in [7, 11) is 2.80. The van der Waals surface area contributed by atoms with E-state index in [2.05, 4.69) is 17.1 Å². The first-order chi connectivity index (χ1) is 11.0. The lowest BCUT2D eigenvalue weighted by molar-refractivity contribution is -0.230. The summed E-state index contributed by atoms with van der Waals surface area (Å²) in [6, 6.07) is 12.2. The summed E-state index contributed by atoms with van der Waals surface area (Å²) in [6.45, 7) is 0. The van der Waals surface area contributed by atoms with E-state index >= 15 is 0 Å². The normalized spacial score (nSPS) is 33.3. The average Bonchev–Trinajstić information content (AvgIpc) is 3.17. The van der Waals surface area contributed by atoms with E-state index in [1.165, 1.54) is 14.2 Å². The second kappa shape index (κ2) is 4.97. The molecule has 0 aromatic heterocycles. The molecule has 7 heteroatoms. The van der Waals surface area contributed by atoms with Crippen molar-refractivity contribution >= 4 is 17.6 Å². The minimum atomic E-state index is -1.57. The molecule has 1 aliphatic heterocycles. The van der Waals surface area contributed by atoms with E-state index in [9.17, 15) is 10.5 Å². The predicted molar refractivity (Wildman–Crippen MR) is 85.4 cm³/mol. The van der Waals surface area contributed by atoms with Gasteiger partial charge in [-0.1, -0.05) is 12.1 Å². The maximum Gasteiger partial charge on any atom is 0.292 e. The SMILES string of the molecule is COC1(OC)N=C(N)[C@]2(C#N)[C@H](c3ccc(SC)cc3)[C@]12C#N. The number of thioether (sulfide) groups is 1. The van der Waals surface area contributed by atoms with E-state index < -0.39 is 22.7 Å². The minimum absolute atomic E-state index is 0.0872. The number of aliphatic imine (C=N–C) groups is 1. The van der Waals surface area contributed by atoms with Gasteiger partial charge < -0.3 is 15.2 Å². The molecular formula is C16H16N4O2S. The third kappa shape index (κ3) is 1.52. The van der Waals surface area contributed by atoms with Crippen LogP contribution in [0.15, 0.2) is 34.2 Å².